The molecular weight excluding hydrogens is 358 g/mol. The molecule has 0 spiro atoms. The van der Waals surface area contributed by atoms with E-state index in [1.807, 2.05) is 29.5 Å². The average Bonchev–Trinajstić information content (AvgIpc) is 3.32. The fourth-order valence-corrected chi connectivity index (χ4v) is 4.15. The van der Waals surface area contributed by atoms with Gasteiger partial charge in [0.15, 0.2) is 0 Å². The first-order chi connectivity index (χ1) is 13.3. The Morgan fingerprint density at radius 2 is 1.93 bits per heavy atom. The predicted molar refractivity (Wildman–Crippen MR) is 108 cm³/mol. The highest BCUT2D eigenvalue weighted by atomic mass is 32.1. The highest BCUT2D eigenvalue weighted by Crippen LogP contribution is 2.21. The highest BCUT2D eigenvalue weighted by Gasteiger charge is 2.22. The predicted octanol–water partition coefficient (Wildman–Crippen LogP) is 3.09. The minimum atomic E-state index is -0.282. The van der Waals surface area contributed by atoms with Gasteiger partial charge in [0.05, 0.1) is 6.04 Å². The lowest BCUT2D eigenvalue weighted by molar-refractivity contribution is 0.287. The standard InChI is InChI=1S/C20H25N5OS/c21-18(14-16-6-2-1-3-7-16)19-22-23-20(26-19)25-10-5-9-24(11-12-25)15-17-8-4-13-27-17/h1-4,6-8,13,18H,5,9-12,14-15,21H2/t18-/m1/s1. The van der Waals surface area contributed by atoms with E-state index in [2.05, 4.69) is 49.6 Å². The van der Waals surface area contributed by atoms with Crippen LogP contribution in [0.15, 0.2) is 52.3 Å². The third kappa shape index (κ3) is 4.74. The van der Waals surface area contributed by atoms with Crippen molar-refractivity contribution in [3.63, 3.8) is 0 Å². The number of nitrogens with two attached hydrogens (primary N) is 1. The van der Waals surface area contributed by atoms with Crippen LogP contribution in [0.5, 0.6) is 0 Å². The molecule has 1 saturated heterocycles. The summed E-state index contributed by atoms with van der Waals surface area (Å²) in [5.41, 5.74) is 7.45. The van der Waals surface area contributed by atoms with Crippen molar-refractivity contribution in [1.29, 1.82) is 0 Å². The molecule has 7 heteroatoms. The van der Waals surface area contributed by atoms with Crippen LogP contribution < -0.4 is 10.6 Å². The minimum Gasteiger partial charge on any atom is -0.406 e. The van der Waals surface area contributed by atoms with Gasteiger partial charge in [0.25, 0.3) is 0 Å². The van der Waals surface area contributed by atoms with Crippen molar-refractivity contribution in [2.24, 2.45) is 5.73 Å². The van der Waals surface area contributed by atoms with E-state index >= 15 is 0 Å². The van der Waals surface area contributed by atoms with Gasteiger partial charge in [-0.15, -0.1) is 16.4 Å². The first-order valence-electron chi connectivity index (χ1n) is 9.40. The van der Waals surface area contributed by atoms with Crippen LogP contribution in [0.4, 0.5) is 6.01 Å². The molecule has 1 aliphatic heterocycles. The molecule has 0 aliphatic carbocycles. The monoisotopic (exact) mass is 383 g/mol. The fourth-order valence-electron chi connectivity index (χ4n) is 3.40. The van der Waals surface area contributed by atoms with Gasteiger partial charge in [0, 0.05) is 37.6 Å². The van der Waals surface area contributed by atoms with Gasteiger partial charge in [-0.2, -0.15) is 0 Å². The first kappa shape index (κ1) is 18.2. The highest BCUT2D eigenvalue weighted by molar-refractivity contribution is 7.09. The molecular formula is C20H25N5OS. The topological polar surface area (TPSA) is 71.4 Å². The van der Waals surface area contributed by atoms with Crippen molar-refractivity contribution in [3.8, 4) is 0 Å². The summed E-state index contributed by atoms with van der Waals surface area (Å²) in [5, 5.41) is 10.6. The summed E-state index contributed by atoms with van der Waals surface area (Å²) in [6.45, 7) is 4.91. The van der Waals surface area contributed by atoms with Crippen LogP contribution in [0.25, 0.3) is 0 Å². The Kier molecular flexibility index (Phi) is 5.81. The van der Waals surface area contributed by atoms with Crippen LogP contribution in [0.2, 0.25) is 0 Å². The molecule has 0 saturated carbocycles. The van der Waals surface area contributed by atoms with Crippen molar-refractivity contribution in [1.82, 2.24) is 15.1 Å². The molecule has 4 rings (SSSR count). The summed E-state index contributed by atoms with van der Waals surface area (Å²) in [6, 6.07) is 14.8. The van der Waals surface area contributed by atoms with E-state index in [9.17, 15) is 0 Å². The third-order valence-electron chi connectivity index (χ3n) is 4.86. The quantitative estimate of drug-likeness (QED) is 0.705. The second-order valence-corrected chi connectivity index (χ2v) is 7.95. The van der Waals surface area contributed by atoms with E-state index in [1.165, 1.54) is 10.4 Å². The van der Waals surface area contributed by atoms with Crippen molar-refractivity contribution < 1.29 is 4.42 Å². The number of anilines is 1. The zero-order valence-electron chi connectivity index (χ0n) is 15.3. The van der Waals surface area contributed by atoms with Crippen LogP contribution in [0.1, 0.15) is 28.8 Å². The molecule has 0 radical (unpaired) electrons. The molecule has 6 nitrogen and oxygen atoms in total. The van der Waals surface area contributed by atoms with E-state index < -0.39 is 0 Å². The van der Waals surface area contributed by atoms with Gasteiger partial charge >= 0.3 is 6.01 Å². The van der Waals surface area contributed by atoms with Gasteiger partial charge in [0.1, 0.15) is 0 Å². The molecule has 1 aromatic carbocycles. The molecule has 2 N–H and O–H groups in total. The summed E-state index contributed by atoms with van der Waals surface area (Å²) in [6.07, 6.45) is 1.77. The van der Waals surface area contributed by atoms with E-state index in [1.54, 1.807) is 0 Å². The molecule has 0 unspecified atom stereocenters. The SMILES string of the molecule is N[C@H](Cc1ccccc1)c1nnc(N2CCCN(Cc3cccs3)CC2)o1. The smallest absolute Gasteiger partial charge is 0.318 e. The minimum absolute atomic E-state index is 0.282. The molecule has 27 heavy (non-hydrogen) atoms. The number of hydrogen-bond donors (Lipinski definition) is 1. The molecule has 0 bridgehead atoms. The molecule has 2 aromatic heterocycles. The lowest BCUT2D eigenvalue weighted by Crippen LogP contribution is -2.30. The van der Waals surface area contributed by atoms with Gasteiger partial charge in [0.2, 0.25) is 5.89 Å². The summed E-state index contributed by atoms with van der Waals surface area (Å²) >= 11 is 1.82. The molecule has 3 heterocycles. The molecule has 1 atom stereocenters. The van der Waals surface area contributed by atoms with Crippen molar-refractivity contribution >= 4 is 17.4 Å². The van der Waals surface area contributed by atoms with Crippen molar-refractivity contribution in [2.45, 2.75) is 25.4 Å². The Balaban J connectivity index is 1.35. The lowest BCUT2D eigenvalue weighted by Gasteiger charge is -2.20. The van der Waals surface area contributed by atoms with Crippen LogP contribution in [0, 0.1) is 0 Å². The van der Waals surface area contributed by atoms with E-state index in [4.69, 9.17) is 10.2 Å². The fraction of sp³-hybridized carbons (Fsp3) is 0.400. The van der Waals surface area contributed by atoms with Crippen molar-refractivity contribution in [2.75, 3.05) is 31.1 Å². The lowest BCUT2D eigenvalue weighted by atomic mass is 10.1. The zero-order chi connectivity index (χ0) is 18.5. The third-order valence-corrected chi connectivity index (χ3v) is 5.73. The van der Waals surface area contributed by atoms with Crippen LogP contribution in [-0.2, 0) is 13.0 Å². The van der Waals surface area contributed by atoms with Crippen LogP contribution in [-0.4, -0.2) is 41.3 Å². The summed E-state index contributed by atoms with van der Waals surface area (Å²) in [5.74, 6) is 0.508. The Labute approximate surface area is 163 Å². The number of aromatic nitrogens is 2. The van der Waals surface area contributed by atoms with E-state index in [-0.39, 0.29) is 6.04 Å². The number of hydrogen-bond acceptors (Lipinski definition) is 7. The summed E-state index contributed by atoms with van der Waals surface area (Å²) in [4.78, 5) is 6.08. The van der Waals surface area contributed by atoms with Crippen molar-refractivity contribution in [3.05, 3.63) is 64.2 Å². The van der Waals surface area contributed by atoms with Crippen LogP contribution in [0.3, 0.4) is 0 Å². The van der Waals surface area contributed by atoms with Gasteiger partial charge < -0.3 is 15.1 Å². The molecule has 1 aliphatic rings. The Morgan fingerprint density at radius 1 is 1.04 bits per heavy atom. The number of rotatable bonds is 6. The summed E-state index contributed by atoms with van der Waals surface area (Å²) in [7, 11) is 0. The first-order valence-corrected chi connectivity index (χ1v) is 10.3. The Bertz CT molecular complexity index is 820. The molecule has 142 valence electrons. The van der Waals surface area contributed by atoms with Gasteiger partial charge in [-0.3, -0.25) is 4.90 Å². The number of thiophene rings is 1. The zero-order valence-corrected chi connectivity index (χ0v) is 16.1. The Morgan fingerprint density at radius 3 is 2.74 bits per heavy atom. The normalized spacial score (nSPS) is 17.0. The Hall–Kier alpha value is -2.22. The second-order valence-electron chi connectivity index (χ2n) is 6.92. The molecule has 3 aromatic rings. The molecule has 1 fully saturated rings. The van der Waals surface area contributed by atoms with Crippen LogP contribution >= 0.6 is 11.3 Å². The maximum atomic E-state index is 6.28. The second kappa shape index (κ2) is 8.65. The maximum absolute atomic E-state index is 6.28. The van der Waals surface area contributed by atoms with Gasteiger partial charge in [-0.25, -0.2) is 0 Å². The van der Waals surface area contributed by atoms with E-state index in [0.717, 1.165) is 39.1 Å². The number of nitrogens with zero attached hydrogens (tertiary/aromatic N) is 4. The number of benzene rings is 1. The largest absolute Gasteiger partial charge is 0.406 e. The summed E-state index contributed by atoms with van der Waals surface area (Å²) < 4.78 is 5.92. The maximum Gasteiger partial charge on any atom is 0.318 e. The van der Waals surface area contributed by atoms with E-state index in [0.29, 0.717) is 18.3 Å². The average molecular weight is 384 g/mol. The van der Waals surface area contributed by atoms with Gasteiger partial charge in [-0.05, 0) is 29.9 Å². The van der Waals surface area contributed by atoms with Gasteiger partial charge in [-0.1, -0.05) is 41.5 Å². The molecule has 0 amide bonds.